The molecular weight excluding hydrogens is 334 g/mol. The van der Waals surface area contributed by atoms with Gasteiger partial charge in [-0.3, -0.25) is 4.79 Å². The van der Waals surface area contributed by atoms with E-state index in [9.17, 15) is 9.59 Å². The van der Waals surface area contributed by atoms with Crippen molar-refractivity contribution in [2.45, 2.75) is 6.92 Å². The Bertz CT molecular complexity index is 842. The summed E-state index contributed by atoms with van der Waals surface area (Å²) in [5.41, 5.74) is 2.28. The van der Waals surface area contributed by atoms with Crippen LogP contribution >= 0.6 is 0 Å². The van der Waals surface area contributed by atoms with Gasteiger partial charge in [-0.15, -0.1) is 0 Å². The Morgan fingerprint density at radius 1 is 0.962 bits per heavy atom. The molecule has 0 bridgehead atoms. The third-order valence-corrected chi connectivity index (χ3v) is 3.65. The fourth-order valence-corrected chi connectivity index (χ4v) is 2.40. The molecule has 0 unspecified atom stereocenters. The van der Waals surface area contributed by atoms with Gasteiger partial charge in [0, 0.05) is 12.5 Å². The molecule has 0 radical (unpaired) electrons. The molecule has 0 aliphatic rings. The van der Waals surface area contributed by atoms with Gasteiger partial charge in [0.15, 0.2) is 0 Å². The number of methoxy groups -OCH3 is 3. The summed E-state index contributed by atoms with van der Waals surface area (Å²) in [5, 5.41) is 2.62. The number of esters is 1. The molecule has 0 fully saturated rings. The van der Waals surface area contributed by atoms with Gasteiger partial charge >= 0.3 is 5.97 Å². The van der Waals surface area contributed by atoms with E-state index >= 15 is 0 Å². The first kappa shape index (κ1) is 19.1. The molecule has 136 valence electrons. The van der Waals surface area contributed by atoms with Crippen LogP contribution in [0.1, 0.15) is 28.4 Å². The van der Waals surface area contributed by atoms with E-state index in [-0.39, 0.29) is 11.5 Å². The van der Waals surface area contributed by atoms with Crippen LogP contribution in [0.25, 0.3) is 12.2 Å². The number of benzene rings is 2. The molecule has 2 aromatic carbocycles. The molecule has 2 rings (SSSR count). The van der Waals surface area contributed by atoms with Crippen molar-refractivity contribution in [3.63, 3.8) is 0 Å². The summed E-state index contributed by atoms with van der Waals surface area (Å²) < 4.78 is 15.4. The van der Waals surface area contributed by atoms with Crippen LogP contribution in [0.15, 0.2) is 36.4 Å². The highest BCUT2D eigenvalue weighted by atomic mass is 16.5. The number of amides is 1. The molecule has 1 amide bonds. The van der Waals surface area contributed by atoms with Gasteiger partial charge in [-0.05, 0) is 35.9 Å². The zero-order valence-corrected chi connectivity index (χ0v) is 15.2. The average molecular weight is 355 g/mol. The van der Waals surface area contributed by atoms with Crippen LogP contribution in [0.2, 0.25) is 0 Å². The molecule has 0 atom stereocenters. The minimum Gasteiger partial charge on any atom is -0.497 e. The van der Waals surface area contributed by atoms with E-state index in [1.807, 2.05) is 30.4 Å². The van der Waals surface area contributed by atoms with E-state index in [1.165, 1.54) is 14.0 Å². The Balaban J connectivity index is 2.39. The van der Waals surface area contributed by atoms with Gasteiger partial charge in [0.1, 0.15) is 11.5 Å². The van der Waals surface area contributed by atoms with Crippen molar-refractivity contribution in [2.75, 3.05) is 26.6 Å². The fourth-order valence-electron chi connectivity index (χ4n) is 2.40. The van der Waals surface area contributed by atoms with E-state index in [1.54, 1.807) is 32.4 Å². The predicted molar refractivity (Wildman–Crippen MR) is 101 cm³/mol. The van der Waals surface area contributed by atoms with Gasteiger partial charge < -0.3 is 19.5 Å². The summed E-state index contributed by atoms with van der Waals surface area (Å²) in [5.74, 6) is 0.620. The van der Waals surface area contributed by atoms with Gasteiger partial charge in [-0.2, -0.15) is 0 Å². The molecule has 0 saturated carbocycles. The van der Waals surface area contributed by atoms with E-state index in [0.29, 0.717) is 17.2 Å². The SMILES string of the molecule is COC(=O)c1cc(C=Cc2cc(OC)ccc2OC)ccc1NC(C)=O. The minimum atomic E-state index is -0.525. The standard InChI is InChI=1S/C20H21NO5/c1-13(22)21-18-9-6-14(11-17(18)20(23)26-4)5-7-15-12-16(24-2)8-10-19(15)25-3/h5-12H,1-4H3,(H,21,22). The second-order valence-electron chi connectivity index (χ2n) is 5.42. The number of nitrogens with one attached hydrogen (secondary N) is 1. The zero-order valence-electron chi connectivity index (χ0n) is 15.2. The van der Waals surface area contributed by atoms with Crippen molar-refractivity contribution in [2.24, 2.45) is 0 Å². The van der Waals surface area contributed by atoms with Crippen molar-refractivity contribution >= 4 is 29.7 Å². The molecule has 0 aromatic heterocycles. The highest BCUT2D eigenvalue weighted by molar-refractivity contribution is 6.01. The number of carbonyl (C=O) groups excluding carboxylic acids is 2. The Morgan fingerprint density at radius 3 is 2.35 bits per heavy atom. The van der Waals surface area contributed by atoms with Gasteiger partial charge in [0.2, 0.25) is 5.91 Å². The molecule has 0 saturated heterocycles. The fraction of sp³-hybridized carbons (Fsp3) is 0.200. The number of carbonyl (C=O) groups is 2. The summed E-state index contributed by atoms with van der Waals surface area (Å²) >= 11 is 0. The van der Waals surface area contributed by atoms with E-state index in [4.69, 9.17) is 14.2 Å². The second kappa shape index (κ2) is 8.71. The number of ether oxygens (including phenoxy) is 3. The van der Waals surface area contributed by atoms with Crippen LogP contribution in [0.5, 0.6) is 11.5 Å². The summed E-state index contributed by atoms with van der Waals surface area (Å²) in [6.07, 6.45) is 3.69. The quantitative estimate of drug-likeness (QED) is 0.633. The number of hydrogen-bond acceptors (Lipinski definition) is 5. The van der Waals surface area contributed by atoms with Crippen molar-refractivity contribution < 1.29 is 23.8 Å². The van der Waals surface area contributed by atoms with Gasteiger partial charge in [0.05, 0.1) is 32.6 Å². The van der Waals surface area contributed by atoms with E-state index < -0.39 is 5.97 Å². The lowest BCUT2D eigenvalue weighted by Gasteiger charge is -2.10. The first-order chi connectivity index (χ1) is 12.5. The van der Waals surface area contributed by atoms with E-state index in [2.05, 4.69) is 5.32 Å². The Hall–Kier alpha value is -3.28. The first-order valence-corrected chi connectivity index (χ1v) is 7.88. The lowest BCUT2D eigenvalue weighted by molar-refractivity contribution is -0.114. The molecule has 0 spiro atoms. The Kier molecular flexibility index (Phi) is 6.38. The molecule has 2 aromatic rings. The Morgan fingerprint density at radius 2 is 1.73 bits per heavy atom. The van der Waals surface area contributed by atoms with E-state index in [0.717, 1.165) is 11.1 Å². The third-order valence-electron chi connectivity index (χ3n) is 3.65. The molecule has 6 nitrogen and oxygen atoms in total. The predicted octanol–water partition coefficient (Wildman–Crippen LogP) is 3.62. The lowest BCUT2D eigenvalue weighted by Crippen LogP contribution is -2.12. The molecular formula is C20H21NO5. The van der Waals surface area contributed by atoms with Crippen LogP contribution in [0.4, 0.5) is 5.69 Å². The molecule has 0 heterocycles. The number of anilines is 1. The first-order valence-electron chi connectivity index (χ1n) is 7.88. The van der Waals surface area contributed by atoms with Crippen molar-refractivity contribution in [1.29, 1.82) is 0 Å². The van der Waals surface area contributed by atoms with Crippen molar-refractivity contribution in [1.82, 2.24) is 0 Å². The van der Waals surface area contributed by atoms with Crippen molar-refractivity contribution in [3.05, 3.63) is 53.1 Å². The van der Waals surface area contributed by atoms with Crippen LogP contribution < -0.4 is 14.8 Å². The molecule has 26 heavy (non-hydrogen) atoms. The van der Waals surface area contributed by atoms with Gasteiger partial charge in [-0.25, -0.2) is 4.79 Å². The van der Waals surface area contributed by atoms with Gasteiger partial charge in [0.25, 0.3) is 0 Å². The summed E-state index contributed by atoms with van der Waals surface area (Å²) in [6.45, 7) is 1.38. The minimum absolute atomic E-state index is 0.264. The zero-order chi connectivity index (χ0) is 19.1. The Labute approximate surface area is 152 Å². The summed E-state index contributed by atoms with van der Waals surface area (Å²) in [6, 6.07) is 10.6. The van der Waals surface area contributed by atoms with Crippen LogP contribution in [-0.2, 0) is 9.53 Å². The molecule has 6 heteroatoms. The van der Waals surface area contributed by atoms with Gasteiger partial charge in [-0.1, -0.05) is 18.2 Å². The number of rotatable bonds is 6. The topological polar surface area (TPSA) is 73.9 Å². The molecule has 1 N–H and O–H groups in total. The normalized spacial score (nSPS) is 10.5. The van der Waals surface area contributed by atoms with Crippen molar-refractivity contribution in [3.8, 4) is 11.5 Å². The van der Waals surface area contributed by atoms with Crippen LogP contribution in [0.3, 0.4) is 0 Å². The summed E-state index contributed by atoms with van der Waals surface area (Å²) in [4.78, 5) is 23.3. The lowest BCUT2D eigenvalue weighted by atomic mass is 10.1. The summed E-state index contributed by atoms with van der Waals surface area (Å²) in [7, 11) is 4.49. The highest BCUT2D eigenvalue weighted by Gasteiger charge is 2.13. The molecule has 0 aliphatic carbocycles. The second-order valence-corrected chi connectivity index (χ2v) is 5.42. The highest BCUT2D eigenvalue weighted by Crippen LogP contribution is 2.26. The van der Waals surface area contributed by atoms with Crippen LogP contribution in [0, 0.1) is 0 Å². The maximum absolute atomic E-state index is 12.0. The number of hydrogen-bond donors (Lipinski definition) is 1. The average Bonchev–Trinajstić information content (AvgIpc) is 2.65. The third kappa shape index (κ3) is 4.63. The monoisotopic (exact) mass is 355 g/mol. The largest absolute Gasteiger partial charge is 0.497 e. The smallest absolute Gasteiger partial charge is 0.339 e. The van der Waals surface area contributed by atoms with Crippen LogP contribution in [-0.4, -0.2) is 33.2 Å². The maximum atomic E-state index is 12.0. The molecule has 0 aliphatic heterocycles. The maximum Gasteiger partial charge on any atom is 0.339 e.